The number of nitrogens with zero attached hydrogens (tertiary/aromatic N) is 3. The lowest BCUT2D eigenvalue weighted by molar-refractivity contribution is 0.433. The van der Waals surface area contributed by atoms with E-state index in [2.05, 4.69) is 27.4 Å². The molecule has 194 valence electrons. The van der Waals surface area contributed by atoms with E-state index < -0.39 is 0 Å². The fourth-order valence-corrected chi connectivity index (χ4v) is 5.51. The maximum Gasteiger partial charge on any atom is 0.234 e. The predicted molar refractivity (Wildman–Crippen MR) is 150 cm³/mol. The molecule has 2 N–H and O–H groups in total. The predicted octanol–water partition coefficient (Wildman–Crippen LogP) is 6.44. The lowest BCUT2D eigenvalue weighted by Gasteiger charge is -2.31. The molecule has 2 heterocycles. The molecule has 1 aliphatic carbocycles. The Hall–Kier alpha value is -3.26. The summed E-state index contributed by atoms with van der Waals surface area (Å²) in [5, 5.41) is 7.04. The number of hydrogen-bond acceptors (Lipinski definition) is 5. The smallest absolute Gasteiger partial charge is 0.234 e. The first-order chi connectivity index (χ1) is 18.0. The Morgan fingerprint density at radius 3 is 2.46 bits per heavy atom. The summed E-state index contributed by atoms with van der Waals surface area (Å²) in [4.78, 5) is 11.7. The second-order valence-corrected chi connectivity index (χ2v) is 10.7. The van der Waals surface area contributed by atoms with Gasteiger partial charge in [0, 0.05) is 31.1 Å². The Morgan fingerprint density at radius 1 is 1.05 bits per heavy atom. The molecule has 0 spiro atoms. The van der Waals surface area contributed by atoms with Crippen LogP contribution in [0.5, 0.6) is 11.6 Å². The van der Waals surface area contributed by atoms with Gasteiger partial charge in [-0.25, -0.2) is 4.39 Å². The number of para-hydroxylation sites is 1. The number of rotatable bonds is 7. The number of nitrogens with one attached hydrogen (secondary N) is 2. The van der Waals surface area contributed by atoms with Crippen molar-refractivity contribution < 1.29 is 9.13 Å². The van der Waals surface area contributed by atoms with E-state index >= 15 is 0 Å². The van der Waals surface area contributed by atoms with Crippen molar-refractivity contribution in [3.8, 4) is 11.6 Å². The van der Waals surface area contributed by atoms with Crippen molar-refractivity contribution in [1.29, 1.82) is 0 Å². The fourth-order valence-electron chi connectivity index (χ4n) is 5.35. The van der Waals surface area contributed by atoms with Crippen LogP contribution in [0.15, 0.2) is 60.7 Å². The minimum Gasteiger partial charge on any atom is -0.439 e. The monoisotopic (exact) mass is 519 g/mol. The van der Waals surface area contributed by atoms with Gasteiger partial charge in [-0.15, -0.1) is 0 Å². The van der Waals surface area contributed by atoms with Gasteiger partial charge < -0.3 is 20.3 Å². The molecule has 1 aromatic heterocycles. The summed E-state index contributed by atoms with van der Waals surface area (Å²) in [7, 11) is 0. The zero-order valence-electron chi connectivity index (χ0n) is 21.3. The molecule has 1 aliphatic heterocycles. The first-order valence-corrected chi connectivity index (χ1v) is 13.6. The van der Waals surface area contributed by atoms with Crippen molar-refractivity contribution in [2.75, 3.05) is 29.9 Å². The lowest BCUT2D eigenvalue weighted by atomic mass is 9.79. The van der Waals surface area contributed by atoms with Crippen LogP contribution in [-0.2, 0) is 5.41 Å². The Morgan fingerprint density at radius 2 is 1.76 bits per heavy atom. The van der Waals surface area contributed by atoms with Crippen molar-refractivity contribution in [2.45, 2.75) is 50.9 Å². The molecule has 2 fully saturated rings. The Labute approximate surface area is 223 Å². The van der Waals surface area contributed by atoms with Crippen LogP contribution < -0.4 is 20.3 Å². The van der Waals surface area contributed by atoms with Gasteiger partial charge in [-0.05, 0) is 73.6 Å². The molecule has 2 aromatic carbocycles. The number of anilines is 2. The van der Waals surface area contributed by atoms with E-state index in [0.29, 0.717) is 29.2 Å². The number of ether oxygens (including phenoxy) is 1. The minimum absolute atomic E-state index is 0.0613. The molecule has 0 unspecified atom stereocenters. The molecule has 2 aliphatic rings. The number of halogens is 1. The van der Waals surface area contributed by atoms with E-state index in [1.54, 1.807) is 12.1 Å². The van der Waals surface area contributed by atoms with E-state index in [9.17, 15) is 4.39 Å². The van der Waals surface area contributed by atoms with Crippen LogP contribution in [0.1, 0.15) is 51.0 Å². The summed E-state index contributed by atoms with van der Waals surface area (Å²) < 4.78 is 19.6. The first kappa shape index (κ1) is 25.4. The van der Waals surface area contributed by atoms with E-state index in [4.69, 9.17) is 21.9 Å². The maximum atomic E-state index is 13.5. The quantitative estimate of drug-likeness (QED) is 0.348. The first-order valence-electron chi connectivity index (χ1n) is 13.2. The molecular formula is C29H34FN5OS. The topological polar surface area (TPSA) is 62.3 Å². The van der Waals surface area contributed by atoms with E-state index in [0.717, 1.165) is 68.9 Å². The molecule has 3 aromatic rings. The molecule has 0 bridgehead atoms. The van der Waals surface area contributed by atoms with Crippen molar-refractivity contribution >= 4 is 29.1 Å². The van der Waals surface area contributed by atoms with Gasteiger partial charge in [-0.1, -0.05) is 50.1 Å². The summed E-state index contributed by atoms with van der Waals surface area (Å²) >= 11 is 5.66. The highest BCUT2D eigenvalue weighted by Gasteiger charge is 2.35. The van der Waals surface area contributed by atoms with Crippen molar-refractivity contribution in [3.05, 3.63) is 72.0 Å². The largest absolute Gasteiger partial charge is 0.439 e. The minimum atomic E-state index is -0.212. The van der Waals surface area contributed by atoms with Gasteiger partial charge in [-0.2, -0.15) is 9.97 Å². The number of hydrogen-bond donors (Lipinski definition) is 2. The molecule has 37 heavy (non-hydrogen) atoms. The summed E-state index contributed by atoms with van der Waals surface area (Å²) in [6.07, 6.45) is 6.66. The third kappa shape index (κ3) is 6.36. The third-order valence-corrected chi connectivity index (χ3v) is 7.84. The van der Waals surface area contributed by atoms with Gasteiger partial charge in [-0.3, -0.25) is 0 Å². The van der Waals surface area contributed by atoms with Gasteiger partial charge in [0.1, 0.15) is 17.4 Å². The van der Waals surface area contributed by atoms with E-state index in [-0.39, 0.29) is 11.2 Å². The van der Waals surface area contributed by atoms with Crippen molar-refractivity contribution in [3.63, 3.8) is 0 Å². The van der Waals surface area contributed by atoms with Crippen LogP contribution in [0, 0.1) is 11.7 Å². The molecule has 5 rings (SSSR count). The molecule has 1 saturated carbocycles. The van der Waals surface area contributed by atoms with Gasteiger partial charge in [0.25, 0.3) is 0 Å². The van der Waals surface area contributed by atoms with Gasteiger partial charge in [0.2, 0.25) is 11.8 Å². The van der Waals surface area contributed by atoms with Crippen LogP contribution in [0.3, 0.4) is 0 Å². The van der Waals surface area contributed by atoms with E-state index in [1.165, 1.54) is 0 Å². The summed E-state index contributed by atoms with van der Waals surface area (Å²) in [6, 6.07) is 18.4. The molecule has 0 radical (unpaired) electrons. The van der Waals surface area contributed by atoms with Crippen LogP contribution in [0.4, 0.5) is 16.2 Å². The van der Waals surface area contributed by atoms with E-state index in [1.807, 2.05) is 48.5 Å². The molecular weight excluding hydrogens is 485 g/mol. The normalized spacial score (nSPS) is 17.4. The van der Waals surface area contributed by atoms with Gasteiger partial charge in [0.05, 0.1) is 0 Å². The summed E-state index contributed by atoms with van der Waals surface area (Å²) in [6.45, 7) is 4.86. The van der Waals surface area contributed by atoms with Crippen LogP contribution in [0.2, 0.25) is 0 Å². The Kier molecular flexibility index (Phi) is 7.84. The fraction of sp³-hybridized carbons (Fsp3) is 0.414. The second kappa shape index (κ2) is 11.4. The number of benzene rings is 2. The second-order valence-electron chi connectivity index (χ2n) is 10.3. The molecule has 8 heteroatoms. The van der Waals surface area contributed by atoms with Gasteiger partial charge >= 0.3 is 0 Å². The van der Waals surface area contributed by atoms with Crippen LogP contribution in [-0.4, -0.2) is 34.7 Å². The Bertz CT molecular complexity index is 1190. The summed E-state index contributed by atoms with van der Waals surface area (Å²) in [5.74, 6) is 2.93. The number of thiocarbonyl (C=S) groups is 1. The van der Waals surface area contributed by atoms with Gasteiger partial charge in [0.15, 0.2) is 5.11 Å². The Balaban J connectivity index is 1.31. The average Bonchev–Trinajstić information content (AvgIpc) is 3.39. The highest BCUT2D eigenvalue weighted by Crippen LogP contribution is 2.40. The van der Waals surface area contributed by atoms with Crippen molar-refractivity contribution in [2.24, 2.45) is 5.92 Å². The number of aromatic nitrogens is 2. The maximum absolute atomic E-state index is 13.5. The standard InChI is InChI=1S/C29H34FN5OS/c1-21-13-17-35(18-14-21)25-19-26(36-24-7-3-2-4-8-24)33-27(32-25)34-28(37)31-20-29(15-5-6-16-29)22-9-11-23(30)12-10-22/h2-4,7-12,19,21H,5-6,13-18,20H2,1H3,(H2,31,32,33,34,37). The third-order valence-electron chi connectivity index (χ3n) is 7.59. The zero-order chi connectivity index (χ0) is 25.7. The molecule has 1 saturated heterocycles. The molecule has 0 atom stereocenters. The van der Waals surface area contributed by atoms with Crippen LogP contribution in [0.25, 0.3) is 0 Å². The summed E-state index contributed by atoms with van der Waals surface area (Å²) in [5.41, 5.74) is 1.09. The highest BCUT2D eigenvalue weighted by atomic mass is 32.1. The molecule has 0 amide bonds. The van der Waals surface area contributed by atoms with Crippen molar-refractivity contribution in [1.82, 2.24) is 15.3 Å². The molecule has 6 nitrogen and oxygen atoms in total. The average molecular weight is 520 g/mol. The lowest BCUT2D eigenvalue weighted by Crippen LogP contribution is -2.41. The number of piperidine rings is 1. The highest BCUT2D eigenvalue weighted by molar-refractivity contribution is 7.80. The van der Waals surface area contributed by atoms with Crippen LogP contribution >= 0.6 is 12.2 Å². The zero-order valence-corrected chi connectivity index (χ0v) is 22.1. The SMILES string of the molecule is CC1CCN(c2cc(Oc3ccccc3)nc(NC(=S)NCC3(c4ccc(F)cc4)CCCC3)n2)CC1.